The van der Waals surface area contributed by atoms with Crippen molar-refractivity contribution < 1.29 is 14.2 Å². The SMILES string of the molecule is COc1cc2cc(-c3ccsc3)c[n+]([O-])c2cc1OC. The van der Waals surface area contributed by atoms with Crippen LogP contribution in [0.25, 0.3) is 22.0 Å². The van der Waals surface area contributed by atoms with Crippen molar-refractivity contribution in [2.24, 2.45) is 0 Å². The van der Waals surface area contributed by atoms with Gasteiger partial charge in [-0.25, -0.2) is 0 Å². The van der Waals surface area contributed by atoms with Gasteiger partial charge in [0.05, 0.1) is 25.7 Å². The quantitative estimate of drug-likeness (QED) is 0.549. The number of fused-ring (bicyclic) bond motifs is 1. The van der Waals surface area contributed by atoms with Crippen molar-refractivity contribution in [3.05, 3.63) is 46.4 Å². The predicted molar refractivity (Wildman–Crippen MR) is 79.3 cm³/mol. The van der Waals surface area contributed by atoms with Crippen molar-refractivity contribution in [2.45, 2.75) is 0 Å². The summed E-state index contributed by atoms with van der Waals surface area (Å²) >= 11 is 1.60. The second kappa shape index (κ2) is 5.02. The summed E-state index contributed by atoms with van der Waals surface area (Å²) in [6.45, 7) is 0. The van der Waals surface area contributed by atoms with E-state index in [0.29, 0.717) is 17.0 Å². The van der Waals surface area contributed by atoms with Gasteiger partial charge in [0.1, 0.15) is 0 Å². The Kier molecular flexibility index (Phi) is 3.20. The fraction of sp³-hybridized carbons (Fsp3) is 0.133. The first-order chi connectivity index (χ1) is 9.72. The molecule has 0 amide bonds. The number of rotatable bonds is 3. The van der Waals surface area contributed by atoms with Gasteiger partial charge < -0.3 is 14.7 Å². The van der Waals surface area contributed by atoms with Crippen LogP contribution in [-0.4, -0.2) is 14.2 Å². The van der Waals surface area contributed by atoms with Gasteiger partial charge in [-0.2, -0.15) is 16.1 Å². The maximum Gasteiger partial charge on any atom is 0.227 e. The molecule has 0 aliphatic rings. The van der Waals surface area contributed by atoms with E-state index in [1.54, 1.807) is 37.8 Å². The molecule has 0 saturated heterocycles. The summed E-state index contributed by atoms with van der Waals surface area (Å²) in [5.41, 5.74) is 2.49. The van der Waals surface area contributed by atoms with Gasteiger partial charge in [-0.05, 0) is 34.5 Å². The highest BCUT2D eigenvalue weighted by atomic mass is 32.1. The number of aromatic nitrogens is 1. The lowest BCUT2D eigenvalue weighted by Crippen LogP contribution is -2.26. The molecular formula is C15H13NO3S. The van der Waals surface area contributed by atoms with Crippen LogP contribution in [0.4, 0.5) is 0 Å². The fourth-order valence-corrected chi connectivity index (χ4v) is 2.84. The monoisotopic (exact) mass is 287 g/mol. The number of benzene rings is 1. The minimum atomic E-state index is 0.549. The summed E-state index contributed by atoms with van der Waals surface area (Å²) in [7, 11) is 3.14. The second-order valence-corrected chi connectivity index (χ2v) is 5.11. The van der Waals surface area contributed by atoms with E-state index >= 15 is 0 Å². The maximum absolute atomic E-state index is 12.2. The Morgan fingerprint density at radius 3 is 2.45 bits per heavy atom. The third-order valence-corrected chi connectivity index (χ3v) is 3.88. The average molecular weight is 287 g/mol. The molecular weight excluding hydrogens is 274 g/mol. The Labute approximate surface area is 120 Å². The van der Waals surface area contributed by atoms with E-state index in [0.717, 1.165) is 21.2 Å². The number of thiophene rings is 1. The van der Waals surface area contributed by atoms with Crippen LogP contribution in [0.2, 0.25) is 0 Å². The zero-order chi connectivity index (χ0) is 14.1. The first-order valence-electron chi connectivity index (χ1n) is 6.04. The number of methoxy groups -OCH3 is 2. The van der Waals surface area contributed by atoms with Gasteiger partial charge in [-0.15, -0.1) is 0 Å². The van der Waals surface area contributed by atoms with Gasteiger partial charge in [0.15, 0.2) is 17.7 Å². The zero-order valence-corrected chi connectivity index (χ0v) is 11.9. The molecule has 0 fully saturated rings. The summed E-state index contributed by atoms with van der Waals surface area (Å²) in [5.74, 6) is 1.16. The van der Waals surface area contributed by atoms with Crippen molar-refractivity contribution in [3.8, 4) is 22.6 Å². The first kappa shape index (κ1) is 12.7. The summed E-state index contributed by atoms with van der Waals surface area (Å²) in [5, 5.41) is 17.0. The van der Waals surface area contributed by atoms with E-state index in [1.165, 1.54) is 0 Å². The molecule has 4 nitrogen and oxygen atoms in total. The molecule has 2 aromatic heterocycles. The second-order valence-electron chi connectivity index (χ2n) is 4.33. The molecule has 2 heterocycles. The zero-order valence-electron chi connectivity index (χ0n) is 11.1. The molecule has 0 saturated carbocycles. The van der Waals surface area contributed by atoms with E-state index in [1.807, 2.05) is 29.0 Å². The molecule has 0 bridgehead atoms. The van der Waals surface area contributed by atoms with Crippen molar-refractivity contribution in [3.63, 3.8) is 0 Å². The average Bonchev–Trinajstić information content (AvgIpc) is 3.00. The Morgan fingerprint density at radius 1 is 1.05 bits per heavy atom. The molecule has 0 unspecified atom stereocenters. The standard InChI is InChI=1S/C15H13NO3S/c1-18-14-6-11-5-12(10-3-4-20-9-10)8-16(17)13(11)7-15(14)19-2/h3-9H,1-2H3. The molecule has 0 aliphatic heterocycles. The Bertz CT molecular complexity index is 753. The molecule has 102 valence electrons. The maximum atomic E-state index is 12.2. The van der Waals surface area contributed by atoms with Crippen molar-refractivity contribution in [2.75, 3.05) is 14.2 Å². The van der Waals surface area contributed by atoms with Gasteiger partial charge in [0, 0.05) is 5.56 Å². The number of nitrogens with zero attached hydrogens (tertiary/aromatic N) is 1. The summed E-state index contributed by atoms with van der Waals surface area (Å²) in [6.07, 6.45) is 1.58. The highest BCUT2D eigenvalue weighted by Crippen LogP contribution is 2.32. The van der Waals surface area contributed by atoms with Gasteiger partial charge in [-0.3, -0.25) is 0 Å². The Balaban J connectivity index is 2.25. The molecule has 0 radical (unpaired) electrons. The van der Waals surface area contributed by atoms with Crippen LogP contribution in [0.15, 0.2) is 41.2 Å². The fourth-order valence-electron chi connectivity index (χ4n) is 2.18. The van der Waals surface area contributed by atoms with E-state index in [2.05, 4.69) is 0 Å². The number of pyridine rings is 1. The normalized spacial score (nSPS) is 10.7. The third-order valence-electron chi connectivity index (χ3n) is 3.19. The largest absolute Gasteiger partial charge is 0.618 e. The molecule has 3 rings (SSSR count). The molecule has 0 aliphatic carbocycles. The Morgan fingerprint density at radius 2 is 1.80 bits per heavy atom. The lowest BCUT2D eigenvalue weighted by Gasteiger charge is -2.10. The molecule has 5 heteroatoms. The van der Waals surface area contributed by atoms with Crippen LogP contribution in [-0.2, 0) is 0 Å². The van der Waals surface area contributed by atoms with E-state index in [-0.39, 0.29) is 0 Å². The minimum Gasteiger partial charge on any atom is -0.618 e. The predicted octanol–water partition coefficient (Wildman–Crippen LogP) is 3.22. The smallest absolute Gasteiger partial charge is 0.227 e. The van der Waals surface area contributed by atoms with Crippen molar-refractivity contribution >= 4 is 22.2 Å². The molecule has 0 atom stereocenters. The van der Waals surface area contributed by atoms with Crippen LogP contribution in [0.5, 0.6) is 11.5 Å². The van der Waals surface area contributed by atoms with Crippen LogP contribution < -0.4 is 14.2 Å². The van der Waals surface area contributed by atoms with Crippen LogP contribution in [0.3, 0.4) is 0 Å². The molecule has 3 aromatic rings. The summed E-state index contributed by atoms with van der Waals surface area (Å²) < 4.78 is 11.4. The van der Waals surface area contributed by atoms with E-state index in [4.69, 9.17) is 9.47 Å². The summed E-state index contributed by atoms with van der Waals surface area (Å²) in [4.78, 5) is 0. The van der Waals surface area contributed by atoms with Gasteiger partial charge in [0.25, 0.3) is 0 Å². The molecule has 0 N–H and O–H groups in total. The lowest BCUT2D eigenvalue weighted by atomic mass is 10.1. The van der Waals surface area contributed by atoms with Crippen LogP contribution in [0, 0.1) is 5.21 Å². The summed E-state index contributed by atoms with van der Waals surface area (Å²) in [6, 6.07) is 7.48. The number of ether oxygens (including phenoxy) is 2. The van der Waals surface area contributed by atoms with Crippen LogP contribution >= 0.6 is 11.3 Å². The number of hydrogen-bond acceptors (Lipinski definition) is 4. The van der Waals surface area contributed by atoms with Gasteiger partial charge in [0.2, 0.25) is 5.52 Å². The van der Waals surface area contributed by atoms with Gasteiger partial charge in [-0.1, -0.05) is 0 Å². The van der Waals surface area contributed by atoms with Crippen molar-refractivity contribution in [1.82, 2.24) is 0 Å². The van der Waals surface area contributed by atoms with E-state index in [9.17, 15) is 5.21 Å². The van der Waals surface area contributed by atoms with Crippen molar-refractivity contribution in [1.29, 1.82) is 0 Å². The molecule has 1 aromatic carbocycles. The third kappa shape index (κ3) is 2.06. The van der Waals surface area contributed by atoms with Crippen LogP contribution in [0.1, 0.15) is 0 Å². The lowest BCUT2D eigenvalue weighted by molar-refractivity contribution is -0.576. The minimum absolute atomic E-state index is 0.549. The first-order valence-corrected chi connectivity index (χ1v) is 6.98. The molecule has 20 heavy (non-hydrogen) atoms. The van der Waals surface area contributed by atoms with E-state index < -0.39 is 0 Å². The molecule has 0 spiro atoms. The van der Waals surface area contributed by atoms with Gasteiger partial charge >= 0.3 is 0 Å². The highest BCUT2D eigenvalue weighted by molar-refractivity contribution is 7.08. The highest BCUT2D eigenvalue weighted by Gasteiger charge is 2.14. The topological polar surface area (TPSA) is 45.4 Å². The number of hydrogen-bond donors (Lipinski definition) is 0. The Hall–Kier alpha value is -2.27.